The Labute approximate surface area is 59.9 Å². The number of rotatable bonds is 3. The van der Waals surface area contributed by atoms with E-state index in [-0.39, 0.29) is 0 Å². The van der Waals surface area contributed by atoms with Crippen LogP contribution in [0.15, 0.2) is 12.5 Å². The van der Waals surface area contributed by atoms with Gasteiger partial charge < -0.3 is 15.5 Å². The van der Waals surface area contributed by atoms with E-state index in [4.69, 9.17) is 7.10 Å². The van der Waals surface area contributed by atoms with Crippen molar-refractivity contribution in [2.45, 2.75) is 12.5 Å². The Hall–Kier alpha value is -1.16. The summed E-state index contributed by atoms with van der Waals surface area (Å²) in [5.74, 6) is 0. The van der Waals surface area contributed by atoms with Gasteiger partial charge in [-0.05, 0) is 0 Å². The lowest BCUT2D eigenvalue weighted by Crippen LogP contribution is -2.24. The highest BCUT2D eigenvalue weighted by Gasteiger charge is 2.01. The van der Waals surface area contributed by atoms with Crippen LogP contribution in [0.4, 0.5) is 0 Å². The number of carbonyl (C=O) groups is 1. The highest BCUT2D eigenvalue weighted by molar-refractivity contribution is 5.57. The van der Waals surface area contributed by atoms with Crippen LogP contribution in [-0.4, -0.2) is 22.3 Å². The molecule has 54 valence electrons. The van der Waals surface area contributed by atoms with E-state index in [1.54, 1.807) is 6.20 Å². The van der Waals surface area contributed by atoms with Gasteiger partial charge in [0.15, 0.2) is 0 Å². The number of imidazole rings is 1. The first kappa shape index (κ1) is 5.61. The van der Waals surface area contributed by atoms with Crippen molar-refractivity contribution in [2.75, 3.05) is 0 Å². The molecule has 0 aliphatic rings. The van der Waals surface area contributed by atoms with Crippen molar-refractivity contribution in [3.63, 3.8) is 0 Å². The highest BCUT2D eigenvalue weighted by Crippen LogP contribution is 1.93. The van der Waals surface area contributed by atoms with Gasteiger partial charge in [-0.15, -0.1) is 0 Å². The molecule has 0 saturated heterocycles. The Kier molecular flexibility index (Phi) is 1.75. The molecule has 0 radical (unpaired) electrons. The minimum atomic E-state index is -0.750. The molecule has 0 fully saturated rings. The van der Waals surface area contributed by atoms with Crippen LogP contribution in [0.2, 0.25) is 0 Å². The maximum atomic E-state index is 10.4. The lowest BCUT2D eigenvalue weighted by atomic mass is 10.2. The van der Waals surface area contributed by atoms with E-state index in [0.717, 1.165) is 5.69 Å². The fraction of sp³-hybridized carbons (Fsp3) is 0.333. The molecule has 0 bridgehead atoms. The van der Waals surface area contributed by atoms with Crippen molar-refractivity contribution < 1.29 is 6.17 Å². The van der Waals surface area contributed by atoms with Crippen LogP contribution in [0.5, 0.6) is 0 Å². The lowest BCUT2D eigenvalue weighted by Gasteiger charge is -1.98. The van der Waals surface area contributed by atoms with E-state index in [0.29, 0.717) is 6.42 Å². The summed E-state index contributed by atoms with van der Waals surface area (Å²) in [4.78, 5) is 16.9. The Bertz CT molecular complexity index is 234. The van der Waals surface area contributed by atoms with Crippen LogP contribution in [0.3, 0.4) is 0 Å². The van der Waals surface area contributed by atoms with E-state index < -0.39 is 12.3 Å². The predicted octanol–water partition coefficient (Wildman–Crippen LogP) is -0.522. The zero-order valence-corrected chi connectivity index (χ0v) is 5.37. The zero-order valence-electron chi connectivity index (χ0n) is 6.37. The summed E-state index contributed by atoms with van der Waals surface area (Å²) in [6.45, 7) is 0. The van der Waals surface area contributed by atoms with Gasteiger partial charge in [0, 0.05) is 18.3 Å². The second-order valence-electron chi connectivity index (χ2n) is 2.01. The Morgan fingerprint density at radius 1 is 2.10 bits per heavy atom. The van der Waals surface area contributed by atoms with Crippen molar-refractivity contribution in [3.05, 3.63) is 18.2 Å². The molecule has 1 heterocycles. The third-order valence-corrected chi connectivity index (χ3v) is 1.15. The molecule has 4 heteroatoms. The summed E-state index contributed by atoms with van der Waals surface area (Å²) in [5, 5.41) is 0. The molecule has 0 aliphatic carbocycles. The van der Waals surface area contributed by atoms with Crippen molar-refractivity contribution in [1.82, 2.24) is 9.97 Å². The Morgan fingerprint density at radius 2 is 2.90 bits per heavy atom. The third-order valence-electron chi connectivity index (χ3n) is 1.15. The van der Waals surface area contributed by atoms with E-state index in [9.17, 15) is 4.79 Å². The minimum absolute atomic E-state index is 0.350. The third kappa shape index (κ3) is 1.66. The molecule has 0 aromatic carbocycles. The molecule has 3 N–H and O–H groups in total. The molecule has 10 heavy (non-hydrogen) atoms. The van der Waals surface area contributed by atoms with E-state index in [1.807, 2.05) is 0 Å². The zero-order chi connectivity index (χ0) is 8.27. The molecule has 1 atom stereocenters. The molecular weight excluding hydrogens is 130 g/mol. The van der Waals surface area contributed by atoms with Gasteiger partial charge in [-0.1, -0.05) is 0 Å². The molecular formula is C6H9N3O. The van der Waals surface area contributed by atoms with E-state index in [1.165, 1.54) is 6.33 Å². The molecule has 1 aromatic heterocycles. The molecule has 0 spiro atoms. The molecule has 0 unspecified atom stereocenters. The van der Waals surface area contributed by atoms with Crippen LogP contribution in [0, 0.1) is 0 Å². The maximum absolute atomic E-state index is 10.4. The van der Waals surface area contributed by atoms with Crippen LogP contribution >= 0.6 is 0 Å². The Balaban J connectivity index is 2.50. The summed E-state index contributed by atoms with van der Waals surface area (Å²) < 4.78 is 6.69. The topological polar surface area (TPSA) is 71.8 Å². The Morgan fingerprint density at radius 3 is 3.40 bits per heavy atom. The second kappa shape index (κ2) is 3.12. The van der Waals surface area contributed by atoms with Gasteiger partial charge in [-0.25, -0.2) is 4.98 Å². The van der Waals surface area contributed by atoms with E-state index in [2.05, 4.69) is 9.97 Å². The highest BCUT2D eigenvalue weighted by atomic mass is 16.1. The van der Waals surface area contributed by atoms with Crippen LogP contribution < -0.4 is 5.73 Å². The molecule has 4 nitrogen and oxygen atoms in total. The lowest BCUT2D eigenvalue weighted by molar-refractivity contribution is -0.108. The van der Waals surface area contributed by atoms with Crippen molar-refractivity contribution in [2.24, 2.45) is 5.73 Å². The van der Waals surface area contributed by atoms with Crippen molar-refractivity contribution in [3.8, 4) is 0 Å². The number of aromatic nitrogens is 2. The largest absolute Gasteiger partial charge is 0.348 e. The summed E-state index contributed by atoms with van der Waals surface area (Å²) in [6, 6.07) is -0.740. The number of nitrogens with one attached hydrogen (secondary N) is 1. The first-order valence-corrected chi connectivity index (χ1v) is 2.93. The van der Waals surface area contributed by atoms with Crippen LogP contribution in [0.25, 0.3) is 0 Å². The number of aldehydes is 1. The van der Waals surface area contributed by atoms with Gasteiger partial charge >= 0.3 is 0 Å². The number of aromatic amines is 1. The quantitative estimate of drug-likeness (QED) is 0.555. The number of hydrogen-bond donors (Lipinski definition) is 2. The SMILES string of the molecule is [2H]C(=O)[C@H](N)Cc1cnc[nH]1. The summed E-state index contributed by atoms with van der Waals surface area (Å²) in [6.07, 6.45) is 2.70. The molecule has 1 rings (SSSR count). The van der Waals surface area contributed by atoms with Gasteiger partial charge in [-0.2, -0.15) is 0 Å². The predicted molar refractivity (Wildman–Crippen MR) is 36.3 cm³/mol. The number of carbonyl (C=O) groups excluding carboxylic acids is 1. The fourth-order valence-corrected chi connectivity index (χ4v) is 0.675. The average molecular weight is 140 g/mol. The maximum Gasteiger partial charge on any atom is 0.137 e. The number of H-pyrrole nitrogens is 1. The fourth-order valence-electron chi connectivity index (χ4n) is 0.675. The normalized spacial score (nSPS) is 14.3. The number of nitrogens with two attached hydrogens (primary N) is 1. The molecule has 0 amide bonds. The first-order chi connectivity index (χ1) is 5.20. The van der Waals surface area contributed by atoms with Gasteiger partial charge in [0.1, 0.15) is 7.63 Å². The van der Waals surface area contributed by atoms with Crippen molar-refractivity contribution >= 4 is 6.26 Å². The first-order valence-electron chi connectivity index (χ1n) is 3.43. The monoisotopic (exact) mass is 140 g/mol. The smallest absolute Gasteiger partial charge is 0.137 e. The molecule has 1 aromatic rings. The number of hydrogen-bond acceptors (Lipinski definition) is 3. The summed E-state index contributed by atoms with van der Waals surface area (Å²) in [5.41, 5.74) is 6.10. The molecule has 0 aliphatic heterocycles. The molecule has 0 saturated carbocycles. The van der Waals surface area contributed by atoms with Gasteiger partial charge in [0.05, 0.1) is 12.4 Å². The van der Waals surface area contributed by atoms with Gasteiger partial charge in [0.2, 0.25) is 0 Å². The number of nitrogens with zero attached hydrogens (tertiary/aromatic N) is 1. The minimum Gasteiger partial charge on any atom is -0.348 e. The van der Waals surface area contributed by atoms with Crippen molar-refractivity contribution in [1.29, 1.82) is 0 Å². The van der Waals surface area contributed by atoms with Gasteiger partial charge in [0.25, 0.3) is 0 Å². The summed E-state index contributed by atoms with van der Waals surface area (Å²) in [7, 11) is 0. The van der Waals surface area contributed by atoms with Crippen LogP contribution in [-0.2, 0) is 11.2 Å². The summed E-state index contributed by atoms with van der Waals surface area (Å²) >= 11 is 0. The standard InChI is InChI=1S/C6H9N3O/c7-5(3-10)1-6-2-8-4-9-6/h2-5H,1,7H2,(H,8,9)/t5-/m1/s1/i3D. The van der Waals surface area contributed by atoms with Gasteiger partial charge in [-0.3, -0.25) is 0 Å². The van der Waals surface area contributed by atoms with Crippen LogP contribution in [0.1, 0.15) is 7.06 Å². The van der Waals surface area contributed by atoms with E-state index >= 15 is 0 Å². The average Bonchev–Trinajstić information content (AvgIpc) is 2.39. The second-order valence-corrected chi connectivity index (χ2v) is 2.01.